The highest BCUT2D eigenvalue weighted by Crippen LogP contribution is 2.39. The number of nitriles is 2. The topological polar surface area (TPSA) is 79.8 Å². The predicted molar refractivity (Wildman–Crippen MR) is 102 cm³/mol. The van der Waals surface area contributed by atoms with E-state index in [1.807, 2.05) is 46.2 Å². The van der Waals surface area contributed by atoms with Crippen molar-refractivity contribution in [1.29, 1.82) is 10.5 Å². The summed E-state index contributed by atoms with van der Waals surface area (Å²) in [6.07, 6.45) is 6.76. The molecule has 0 radical (unpaired) electrons. The number of anilines is 2. The van der Waals surface area contributed by atoms with Crippen molar-refractivity contribution in [3.63, 3.8) is 0 Å². The summed E-state index contributed by atoms with van der Waals surface area (Å²) in [5, 5.41) is 18.0. The van der Waals surface area contributed by atoms with Crippen LogP contribution in [0.4, 0.5) is 11.6 Å². The lowest BCUT2D eigenvalue weighted by Gasteiger charge is -2.22. The molecule has 1 aromatic carbocycles. The van der Waals surface area contributed by atoms with Gasteiger partial charge in [-0.15, -0.1) is 13.2 Å². The minimum Gasteiger partial charge on any atom is -0.305 e. The molecule has 1 aliphatic rings. The number of para-hydroxylation sites is 2. The zero-order valence-corrected chi connectivity index (χ0v) is 14.1. The smallest absolute Gasteiger partial charge is 0.178 e. The summed E-state index contributed by atoms with van der Waals surface area (Å²) < 4.78 is 0. The van der Waals surface area contributed by atoms with E-state index in [-0.39, 0.29) is 5.57 Å². The molecule has 2 aromatic rings. The summed E-state index contributed by atoms with van der Waals surface area (Å²) in [5.41, 5.74) is 1.62. The van der Waals surface area contributed by atoms with Gasteiger partial charge in [0, 0.05) is 13.1 Å². The lowest BCUT2D eigenvalue weighted by atomic mass is 10.3. The number of rotatable bonds is 5. The maximum atomic E-state index is 8.99. The van der Waals surface area contributed by atoms with Gasteiger partial charge < -0.3 is 9.80 Å². The van der Waals surface area contributed by atoms with E-state index in [0.717, 1.165) is 16.9 Å². The normalized spacial score (nSPS) is 12.2. The number of benzene rings is 1. The second kappa shape index (κ2) is 7.33. The van der Waals surface area contributed by atoms with E-state index >= 15 is 0 Å². The van der Waals surface area contributed by atoms with Crippen LogP contribution in [-0.4, -0.2) is 23.1 Å². The summed E-state index contributed by atoms with van der Waals surface area (Å²) in [5.74, 6) is 2.18. The largest absolute Gasteiger partial charge is 0.305 e. The van der Waals surface area contributed by atoms with Crippen LogP contribution in [0, 0.1) is 22.7 Å². The molecular formula is C20H16N6. The zero-order chi connectivity index (χ0) is 18.5. The molecule has 0 saturated heterocycles. The number of aromatic nitrogens is 2. The first kappa shape index (κ1) is 16.9. The SMILES string of the molecule is C=CCN1C(=CC=C(C#N)C#N)N(CC=C)c2nc3ccccc3nc21. The fourth-order valence-electron chi connectivity index (χ4n) is 2.76. The first-order valence-electron chi connectivity index (χ1n) is 7.99. The van der Waals surface area contributed by atoms with Gasteiger partial charge >= 0.3 is 0 Å². The third kappa shape index (κ3) is 2.92. The number of hydrogen-bond acceptors (Lipinski definition) is 6. The van der Waals surface area contributed by atoms with Crippen molar-refractivity contribution in [3.8, 4) is 12.1 Å². The van der Waals surface area contributed by atoms with E-state index in [0.29, 0.717) is 24.7 Å². The average Bonchev–Trinajstić information content (AvgIpc) is 2.94. The fourth-order valence-corrected chi connectivity index (χ4v) is 2.76. The van der Waals surface area contributed by atoms with E-state index in [9.17, 15) is 0 Å². The third-order valence-electron chi connectivity index (χ3n) is 3.86. The second-order valence-electron chi connectivity index (χ2n) is 5.49. The van der Waals surface area contributed by atoms with Crippen molar-refractivity contribution in [3.05, 3.63) is 73.1 Å². The Labute approximate surface area is 151 Å². The summed E-state index contributed by atoms with van der Waals surface area (Å²) in [7, 11) is 0. The summed E-state index contributed by atoms with van der Waals surface area (Å²) in [6.45, 7) is 8.66. The quantitative estimate of drug-likeness (QED) is 0.613. The van der Waals surface area contributed by atoms with Crippen LogP contribution in [0.2, 0.25) is 0 Å². The lowest BCUT2D eigenvalue weighted by molar-refractivity contribution is 0.944. The molecule has 0 aliphatic carbocycles. The van der Waals surface area contributed by atoms with Gasteiger partial charge in [0.2, 0.25) is 0 Å². The molecule has 0 spiro atoms. The van der Waals surface area contributed by atoms with Crippen molar-refractivity contribution in [1.82, 2.24) is 9.97 Å². The van der Waals surface area contributed by atoms with E-state index in [1.165, 1.54) is 6.08 Å². The van der Waals surface area contributed by atoms with Gasteiger partial charge in [-0.2, -0.15) is 10.5 Å². The van der Waals surface area contributed by atoms with Gasteiger partial charge in [-0.05, 0) is 24.3 Å². The first-order chi connectivity index (χ1) is 12.7. The molecular weight excluding hydrogens is 324 g/mol. The Morgan fingerprint density at radius 3 is 1.88 bits per heavy atom. The van der Waals surface area contributed by atoms with E-state index < -0.39 is 0 Å². The molecule has 6 heteroatoms. The Balaban J connectivity index is 2.21. The highest BCUT2D eigenvalue weighted by Gasteiger charge is 2.33. The molecule has 0 N–H and O–H groups in total. The van der Waals surface area contributed by atoms with Crippen molar-refractivity contribution in [2.45, 2.75) is 0 Å². The van der Waals surface area contributed by atoms with Crippen LogP contribution >= 0.6 is 0 Å². The van der Waals surface area contributed by atoms with Gasteiger partial charge in [0.1, 0.15) is 23.5 Å². The number of hydrogen-bond donors (Lipinski definition) is 0. The molecule has 1 aromatic heterocycles. The van der Waals surface area contributed by atoms with Gasteiger partial charge in [0.05, 0.1) is 11.0 Å². The maximum Gasteiger partial charge on any atom is 0.178 e. The Morgan fingerprint density at radius 1 is 0.962 bits per heavy atom. The minimum absolute atomic E-state index is 0.0247. The Kier molecular flexibility index (Phi) is 4.78. The zero-order valence-electron chi connectivity index (χ0n) is 14.1. The van der Waals surface area contributed by atoms with Crippen LogP contribution in [0.25, 0.3) is 11.0 Å². The van der Waals surface area contributed by atoms with Crippen LogP contribution in [0.3, 0.4) is 0 Å². The standard InChI is InChI=1S/C20H16N6/c1-3-11-25-18(10-9-15(13-21)14-22)26(12-4-2)20-19(25)23-16-7-5-6-8-17(16)24-20/h3-10H,1-2,11-12H2. The molecule has 2 heterocycles. The lowest BCUT2D eigenvalue weighted by Crippen LogP contribution is -2.28. The second-order valence-corrected chi connectivity index (χ2v) is 5.49. The number of nitrogens with zero attached hydrogens (tertiary/aromatic N) is 6. The Hall–Kier alpha value is -3.90. The monoisotopic (exact) mass is 340 g/mol. The van der Waals surface area contributed by atoms with Gasteiger partial charge in [-0.1, -0.05) is 24.3 Å². The molecule has 0 saturated carbocycles. The molecule has 0 fully saturated rings. The van der Waals surface area contributed by atoms with Gasteiger partial charge in [-0.25, -0.2) is 9.97 Å². The van der Waals surface area contributed by atoms with Crippen LogP contribution in [0.5, 0.6) is 0 Å². The van der Waals surface area contributed by atoms with Gasteiger partial charge in [0.25, 0.3) is 0 Å². The van der Waals surface area contributed by atoms with E-state index in [4.69, 9.17) is 20.5 Å². The predicted octanol–water partition coefficient (Wildman–Crippen LogP) is 3.44. The van der Waals surface area contributed by atoms with Crippen molar-refractivity contribution in [2.24, 2.45) is 0 Å². The molecule has 0 atom stereocenters. The molecule has 0 unspecified atom stereocenters. The summed E-state index contributed by atoms with van der Waals surface area (Å²) in [6, 6.07) is 11.4. The molecule has 126 valence electrons. The van der Waals surface area contributed by atoms with Crippen LogP contribution in [0.1, 0.15) is 0 Å². The van der Waals surface area contributed by atoms with E-state index in [1.54, 1.807) is 18.2 Å². The first-order valence-corrected chi connectivity index (χ1v) is 7.99. The molecule has 26 heavy (non-hydrogen) atoms. The van der Waals surface area contributed by atoms with Crippen LogP contribution < -0.4 is 9.80 Å². The molecule has 0 bridgehead atoms. The fraction of sp³-hybridized carbons (Fsp3) is 0.100. The van der Waals surface area contributed by atoms with Crippen LogP contribution in [-0.2, 0) is 0 Å². The highest BCUT2D eigenvalue weighted by molar-refractivity contribution is 5.86. The third-order valence-corrected chi connectivity index (χ3v) is 3.86. The highest BCUT2D eigenvalue weighted by atomic mass is 15.4. The van der Waals surface area contributed by atoms with Crippen molar-refractivity contribution < 1.29 is 0 Å². The van der Waals surface area contributed by atoms with Crippen LogP contribution in [0.15, 0.2) is 73.1 Å². The van der Waals surface area contributed by atoms with Gasteiger partial charge in [-0.3, -0.25) is 0 Å². The summed E-state index contributed by atoms with van der Waals surface area (Å²) >= 11 is 0. The van der Waals surface area contributed by atoms with Crippen molar-refractivity contribution >= 4 is 22.7 Å². The van der Waals surface area contributed by atoms with Gasteiger partial charge in [0.15, 0.2) is 11.6 Å². The number of allylic oxidation sites excluding steroid dienone is 3. The molecule has 3 rings (SSSR count). The molecule has 1 aliphatic heterocycles. The average molecular weight is 340 g/mol. The minimum atomic E-state index is 0.0247. The molecule has 6 nitrogen and oxygen atoms in total. The van der Waals surface area contributed by atoms with Crippen molar-refractivity contribution in [2.75, 3.05) is 22.9 Å². The Morgan fingerprint density at radius 2 is 1.46 bits per heavy atom. The maximum absolute atomic E-state index is 8.99. The van der Waals surface area contributed by atoms with E-state index in [2.05, 4.69) is 13.2 Å². The Bertz CT molecular complexity index is 944. The summed E-state index contributed by atoms with van der Waals surface area (Å²) in [4.78, 5) is 13.4. The number of fused-ring (bicyclic) bond motifs is 2. The molecule has 0 amide bonds.